The van der Waals surface area contributed by atoms with Gasteiger partial charge in [0.05, 0.1) is 35.6 Å². The van der Waals surface area contributed by atoms with Crippen molar-refractivity contribution in [2.45, 2.75) is 45.3 Å². The highest BCUT2D eigenvalue weighted by atomic mass is 16.5. The molecule has 0 bridgehead atoms. The van der Waals surface area contributed by atoms with Crippen LogP contribution in [0.3, 0.4) is 0 Å². The van der Waals surface area contributed by atoms with Crippen LogP contribution in [-0.2, 0) is 18.4 Å². The van der Waals surface area contributed by atoms with E-state index in [-0.39, 0.29) is 12.0 Å². The minimum absolute atomic E-state index is 0.126. The molecule has 1 fully saturated rings. The number of carbonyl (C=O) groups is 1. The minimum Gasteiger partial charge on any atom is -0.489 e. The van der Waals surface area contributed by atoms with Crippen LogP contribution in [0.4, 0.5) is 0 Å². The average molecular weight is 521 g/mol. The van der Waals surface area contributed by atoms with E-state index in [4.69, 9.17) is 14.5 Å². The third kappa shape index (κ3) is 5.70. The zero-order valence-corrected chi connectivity index (χ0v) is 21.7. The van der Waals surface area contributed by atoms with Crippen molar-refractivity contribution in [3.8, 4) is 22.9 Å². The van der Waals surface area contributed by atoms with Crippen LogP contribution < -0.4 is 15.0 Å². The Labute approximate surface area is 220 Å². The van der Waals surface area contributed by atoms with Crippen LogP contribution in [0.25, 0.3) is 11.4 Å². The van der Waals surface area contributed by atoms with E-state index in [1.807, 2.05) is 63.5 Å². The Bertz CT molecular complexity index is 1310. The second-order valence-corrected chi connectivity index (χ2v) is 9.56. The molecule has 2 atom stereocenters. The molecular weight excluding hydrogens is 488 g/mol. The van der Waals surface area contributed by atoms with Gasteiger partial charge in [0.2, 0.25) is 0 Å². The number of benzene rings is 1. The lowest BCUT2D eigenvalue weighted by Gasteiger charge is -2.27. The summed E-state index contributed by atoms with van der Waals surface area (Å²) in [6.45, 7) is 2.60. The van der Waals surface area contributed by atoms with Gasteiger partial charge in [-0.3, -0.25) is 9.80 Å². The van der Waals surface area contributed by atoms with Crippen molar-refractivity contribution in [1.29, 1.82) is 0 Å². The summed E-state index contributed by atoms with van der Waals surface area (Å²) in [6, 6.07) is 13.3. The molecular formula is C26H32N8O4. The van der Waals surface area contributed by atoms with Crippen molar-refractivity contribution in [2.75, 3.05) is 13.7 Å². The lowest BCUT2D eigenvalue weighted by Crippen LogP contribution is -2.41. The van der Waals surface area contributed by atoms with Crippen LogP contribution in [0.5, 0.6) is 11.5 Å². The number of aryl methyl sites for hydroxylation is 2. The first-order valence-electron chi connectivity index (χ1n) is 12.7. The van der Waals surface area contributed by atoms with Crippen molar-refractivity contribution in [2.24, 2.45) is 18.1 Å². The smallest absolute Gasteiger partial charge is 0.306 e. The van der Waals surface area contributed by atoms with E-state index >= 15 is 0 Å². The number of aromatic nitrogens is 4. The molecule has 0 unspecified atom stereocenters. The van der Waals surface area contributed by atoms with Gasteiger partial charge in [0.15, 0.2) is 5.84 Å². The molecule has 2 aromatic heterocycles. The Morgan fingerprint density at radius 1 is 1.16 bits per heavy atom. The van der Waals surface area contributed by atoms with Crippen LogP contribution in [0, 0.1) is 12.8 Å². The number of likely N-dealkylation sites (N-methyl/N-ethyl adjacent to an activating group) is 1. The first kappa shape index (κ1) is 25.5. The Morgan fingerprint density at radius 3 is 2.74 bits per heavy atom. The highest BCUT2D eigenvalue weighted by Crippen LogP contribution is 2.30. The summed E-state index contributed by atoms with van der Waals surface area (Å²) < 4.78 is 13.7. The molecule has 3 aromatic rings. The molecule has 1 aliphatic heterocycles. The van der Waals surface area contributed by atoms with E-state index in [1.165, 1.54) is 0 Å². The van der Waals surface area contributed by atoms with Crippen molar-refractivity contribution in [3.05, 3.63) is 53.9 Å². The summed E-state index contributed by atoms with van der Waals surface area (Å²) in [5.74, 6) is 1.06. The van der Waals surface area contributed by atoms with Gasteiger partial charge in [0.1, 0.15) is 23.8 Å². The molecule has 5 rings (SSSR count). The molecule has 12 nitrogen and oxygen atoms in total. The maximum Gasteiger partial charge on any atom is 0.306 e. The number of hydrazone groups is 1. The summed E-state index contributed by atoms with van der Waals surface area (Å²) in [5, 5.41) is 26.1. The number of rotatable bonds is 9. The van der Waals surface area contributed by atoms with E-state index in [0.29, 0.717) is 48.8 Å². The predicted molar refractivity (Wildman–Crippen MR) is 139 cm³/mol. The van der Waals surface area contributed by atoms with Gasteiger partial charge in [-0.05, 0) is 56.9 Å². The third-order valence-electron chi connectivity index (χ3n) is 6.79. The van der Waals surface area contributed by atoms with Crippen LogP contribution in [0.1, 0.15) is 37.1 Å². The standard InChI is InChI=1S/C26H32N8O4/c1-17-23(38-20-11-7-8-18(14-20)26(35)36)13-12-21(27-17)25-22(32(2)30-28-25)15-34-29-24(33(3)31-34)16-37-19-9-5-4-6-10-19/h4-6,9-10,12-13,18,20,31H,7-8,11,14-16H2,1-3H3,(H,35,36)/t18-,20-/m0/s1. The second-order valence-electron chi connectivity index (χ2n) is 9.56. The highest BCUT2D eigenvalue weighted by Gasteiger charge is 2.29. The topological polar surface area (TPSA) is 130 Å². The molecule has 38 heavy (non-hydrogen) atoms. The molecule has 2 N–H and O–H groups in total. The molecule has 0 saturated heterocycles. The number of pyridine rings is 1. The summed E-state index contributed by atoms with van der Waals surface area (Å²) in [6.07, 6.45) is 2.78. The molecule has 1 saturated carbocycles. The normalized spacial score (nSPS) is 19.4. The Kier molecular flexibility index (Phi) is 7.40. The largest absolute Gasteiger partial charge is 0.489 e. The summed E-state index contributed by atoms with van der Waals surface area (Å²) in [5.41, 5.74) is 6.07. The molecule has 2 aliphatic rings. The molecule has 0 radical (unpaired) electrons. The average Bonchev–Trinajstić information content (AvgIpc) is 3.46. The number of ether oxygens (including phenoxy) is 2. The molecule has 3 heterocycles. The quantitative estimate of drug-likeness (QED) is 0.434. The number of hydrogen-bond acceptors (Lipinski definition) is 10. The number of nitrogens with one attached hydrogen (secondary N) is 1. The van der Waals surface area contributed by atoms with Gasteiger partial charge in [0.25, 0.3) is 0 Å². The Morgan fingerprint density at radius 2 is 1.97 bits per heavy atom. The number of hydrogen-bond donors (Lipinski definition) is 2. The monoisotopic (exact) mass is 520 g/mol. The lowest BCUT2D eigenvalue weighted by atomic mass is 9.87. The van der Waals surface area contributed by atoms with Gasteiger partial charge in [0, 0.05) is 14.1 Å². The zero-order valence-electron chi connectivity index (χ0n) is 21.7. The van der Waals surface area contributed by atoms with Crippen molar-refractivity contribution in [3.63, 3.8) is 0 Å². The molecule has 1 aliphatic carbocycles. The van der Waals surface area contributed by atoms with Crippen LogP contribution >= 0.6 is 0 Å². The zero-order chi connectivity index (χ0) is 26.6. The predicted octanol–water partition coefficient (Wildman–Crippen LogP) is 2.77. The molecule has 12 heteroatoms. The fourth-order valence-electron chi connectivity index (χ4n) is 4.68. The second kappa shape index (κ2) is 11.1. The SMILES string of the molecule is Cc1nc(-c2nnn(C)c2CN2N=C(COc3ccccc3)N(C)N2)ccc1O[C@H]1CCC[C@H](C(=O)O)C1. The van der Waals surface area contributed by atoms with Crippen molar-refractivity contribution in [1.82, 2.24) is 35.6 Å². The fourth-order valence-corrected chi connectivity index (χ4v) is 4.68. The lowest BCUT2D eigenvalue weighted by molar-refractivity contribution is -0.143. The van der Waals surface area contributed by atoms with E-state index < -0.39 is 5.97 Å². The number of hydrazine groups is 2. The first-order valence-corrected chi connectivity index (χ1v) is 12.7. The summed E-state index contributed by atoms with van der Waals surface area (Å²) >= 11 is 0. The van der Waals surface area contributed by atoms with Gasteiger partial charge >= 0.3 is 5.97 Å². The number of amidine groups is 1. The number of carboxylic acids is 1. The molecule has 200 valence electrons. The van der Waals surface area contributed by atoms with Crippen LogP contribution in [-0.4, -0.2) is 66.8 Å². The van der Waals surface area contributed by atoms with Crippen molar-refractivity contribution < 1.29 is 19.4 Å². The molecule has 0 amide bonds. The minimum atomic E-state index is -0.752. The van der Waals surface area contributed by atoms with E-state index in [0.717, 1.165) is 30.1 Å². The number of carboxylic acid groups (broad SMARTS) is 1. The van der Waals surface area contributed by atoms with Gasteiger partial charge < -0.3 is 14.6 Å². The highest BCUT2D eigenvalue weighted by molar-refractivity contribution is 5.83. The number of nitrogens with zero attached hydrogens (tertiary/aromatic N) is 7. The van der Waals surface area contributed by atoms with Gasteiger partial charge in [-0.15, -0.1) is 15.7 Å². The molecule has 1 aromatic carbocycles. The van der Waals surface area contributed by atoms with Crippen molar-refractivity contribution >= 4 is 11.8 Å². The Hall–Kier alpha value is -4.19. The Balaban J connectivity index is 1.27. The van der Waals surface area contributed by atoms with E-state index in [1.54, 1.807) is 14.8 Å². The van der Waals surface area contributed by atoms with Gasteiger partial charge in [-0.25, -0.2) is 14.8 Å². The third-order valence-corrected chi connectivity index (χ3v) is 6.79. The first-order chi connectivity index (χ1) is 18.4. The maximum absolute atomic E-state index is 11.4. The van der Waals surface area contributed by atoms with Crippen LogP contribution in [0.2, 0.25) is 0 Å². The van der Waals surface area contributed by atoms with E-state index in [2.05, 4.69) is 20.9 Å². The maximum atomic E-state index is 11.4. The molecule has 0 spiro atoms. The van der Waals surface area contributed by atoms with Crippen LogP contribution in [0.15, 0.2) is 47.6 Å². The van der Waals surface area contributed by atoms with Gasteiger partial charge in [-0.1, -0.05) is 23.4 Å². The number of para-hydroxylation sites is 1. The fraction of sp³-hybridized carbons (Fsp3) is 0.423. The van der Waals surface area contributed by atoms with E-state index in [9.17, 15) is 9.90 Å². The van der Waals surface area contributed by atoms with Gasteiger partial charge in [-0.2, -0.15) is 0 Å². The summed E-state index contributed by atoms with van der Waals surface area (Å²) in [4.78, 5) is 16.1. The summed E-state index contributed by atoms with van der Waals surface area (Å²) in [7, 11) is 3.71. The number of aliphatic carboxylic acids is 1.